The summed E-state index contributed by atoms with van der Waals surface area (Å²) in [5.41, 5.74) is 2.00. The van der Waals surface area contributed by atoms with Gasteiger partial charge in [0.05, 0.1) is 24.1 Å². The van der Waals surface area contributed by atoms with Gasteiger partial charge in [0.2, 0.25) is 0 Å². The Morgan fingerprint density at radius 2 is 1.95 bits per heavy atom. The van der Waals surface area contributed by atoms with Crippen LogP contribution in [0.3, 0.4) is 0 Å². The van der Waals surface area contributed by atoms with Crippen LogP contribution in [-0.4, -0.2) is 23.1 Å². The van der Waals surface area contributed by atoms with Crippen molar-refractivity contribution < 1.29 is 0 Å². The zero-order chi connectivity index (χ0) is 14.4. The molecule has 0 unspecified atom stereocenters. The van der Waals surface area contributed by atoms with Crippen molar-refractivity contribution >= 4 is 27.4 Å². The molecule has 0 saturated heterocycles. The van der Waals surface area contributed by atoms with Crippen LogP contribution >= 0.6 is 15.9 Å². The van der Waals surface area contributed by atoms with Gasteiger partial charge in [0.15, 0.2) is 0 Å². The van der Waals surface area contributed by atoms with E-state index in [4.69, 9.17) is 0 Å². The lowest BCUT2D eigenvalue weighted by Crippen LogP contribution is -2.22. The minimum Gasteiger partial charge on any atom is -0.378 e. The molecular weight excluding hydrogens is 316 g/mol. The summed E-state index contributed by atoms with van der Waals surface area (Å²) >= 11 is 3.37. The summed E-state index contributed by atoms with van der Waals surface area (Å²) in [7, 11) is 0. The van der Waals surface area contributed by atoms with Crippen LogP contribution in [0.25, 0.3) is 0 Å². The molecule has 0 saturated carbocycles. The molecule has 0 aromatic carbocycles. The predicted molar refractivity (Wildman–Crippen MR) is 87.1 cm³/mol. The molecule has 0 aliphatic rings. The van der Waals surface area contributed by atoms with Crippen molar-refractivity contribution in [1.29, 1.82) is 0 Å². The lowest BCUT2D eigenvalue weighted by Gasteiger charge is -2.19. The van der Waals surface area contributed by atoms with Gasteiger partial charge in [-0.05, 0) is 54.0 Å². The lowest BCUT2D eigenvalue weighted by molar-refractivity contribution is 0.846. The molecule has 0 bridgehead atoms. The van der Waals surface area contributed by atoms with Gasteiger partial charge >= 0.3 is 0 Å². The van der Waals surface area contributed by atoms with Crippen LogP contribution in [-0.2, 0) is 6.54 Å². The monoisotopic (exact) mass is 334 g/mol. The third-order valence-electron chi connectivity index (χ3n) is 3.08. The number of pyridine rings is 2. The van der Waals surface area contributed by atoms with Crippen molar-refractivity contribution in [1.82, 2.24) is 9.97 Å². The maximum atomic E-state index is 4.48. The lowest BCUT2D eigenvalue weighted by atomic mass is 10.3. The van der Waals surface area contributed by atoms with Gasteiger partial charge in [-0.1, -0.05) is 6.07 Å². The number of halogens is 1. The fourth-order valence-electron chi connectivity index (χ4n) is 1.97. The number of nitrogens with zero attached hydrogens (tertiary/aromatic N) is 3. The molecule has 0 radical (unpaired) electrons. The van der Waals surface area contributed by atoms with Crippen molar-refractivity contribution in [2.24, 2.45) is 0 Å². The van der Waals surface area contributed by atoms with E-state index in [0.717, 1.165) is 34.9 Å². The van der Waals surface area contributed by atoms with Gasteiger partial charge in [0, 0.05) is 13.1 Å². The topological polar surface area (TPSA) is 41.0 Å². The van der Waals surface area contributed by atoms with Gasteiger partial charge in [-0.3, -0.25) is 0 Å². The summed E-state index contributed by atoms with van der Waals surface area (Å²) in [5, 5.41) is 3.33. The van der Waals surface area contributed by atoms with Crippen molar-refractivity contribution in [2.75, 3.05) is 23.3 Å². The van der Waals surface area contributed by atoms with Crippen molar-refractivity contribution in [3.63, 3.8) is 0 Å². The molecule has 5 heteroatoms. The Labute approximate surface area is 128 Å². The molecule has 2 aromatic rings. The summed E-state index contributed by atoms with van der Waals surface area (Å²) in [6, 6.07) is 10.00. The van der Waals surface area contributed by atoms with E-state index in [9.17, 15) is 0 Å². The Kier molecular flexibility index (Phi) is 5.35. The fourth-order valence-corrected chi connectivity index (χ4v) is 2.35. The highest BCUT2D eigenvalue weighted by Crippen LogP contribution is 2.15. The average Bonchev–Trinajstić information content (AvgIpc) is 2.48. The number of hydrogen-bond acceptors (Lipinski definition) is 4. The van der Waals surface area contributed by atoms with Crippen molar-refractivity contribution in [3.05, 3.63) is 46.8 Å². The summed E-state index contributed by atoms with van der Waals surface area (Å²) in [5.74, 6) is 1.01. The van der Waals surface area contributed by atoms with Gasteiger partial charge in [0.25, 0.3) is 0 Å². The Balaban J connectivity index is 1.97. The number of nitrogens with one attached hydrogen (secondary N) is 1. The van der Waals surface area contributed by atoms with E-state index in [1.54, 1.807) is 0 Å². The minimum absolute atomic E-state index is 0.686. The standard InChI is InChI=1S/C15H19BrN4/c1-3-20(4-2)15-9-8-12(10-18-15)17-11-13-6-5-7-14(16)19-13/h5-10,17H,3-4,11H2,1-2H3. The molecule has 0 fully saturated rings. The fraction of sp³-hybridized carbons (Fsp3) is 0.333. The Morgan fingerprint density at radius 1 is 1.15 bits per heavy atom. The largest absolute Gasteiger partial charge is 0.378 e. The van der Waals surface area contributed by atoms with E-state index in [1.807, 2.05) is 30.5 Å². The highest BCUT2D eigenvalue weighted by atomic mass is 79.9. The second-order valence-corrected chi connectivity index (χ2v) is 5.20. The third-order valence-corrected chi connectivity index (χ3v) is 3.52. The van der Waals surface area contributed by atoms with E-state index in [1.165, 1.54) is 0 Å². The Bertz CT molecular complexity index is 538. The first-order valence-electron chi connectivity index (χ1n) is 6.79. The SMILES string of the molecule is CCN(CC)c1ccc(NCc2cccc(Br)n2)cn1. The molecule has 0 spiro atoms. The smallest absolute Gasteiger partial charge is 0.128 e. The quantitative estimate of drug-likeness (QED) is 0.818. The van der Waals surface area contributed by atoms with Crippen LogP contribution in [0, 0.1) is 0 Å². The number of aromatic nitrogens is 2. The van der Waals surface area contributed by atoms with Gasteiger partial charge in [0.1, 0.15) is 10.4 Å². The zero-order valence-corrected chi connectivity index (χ0v) is 13.4. The minimum atomic E-state index is 0.686. The average molecular weight is 335 g/mol. The Morgan fingerprint density at radius 3 is 2.55 bits per heavy atom. The molecule has 1 N–H and O–H groups in total. The van der Waals surface area contributed by atoms with Gasteiger partial charge in [-0.25, -0.2) is 9.97 Å². The maximum Gasteiger partial charge on any atom is 0.128 e. The first kappa shape index (κ1) is 14.8. The normalized spacial score (nSPS) is 10.3. The summed E-state index contributed by atoms with van der Waals surface area (Å²) < 4.78 is 0.854. The molecule has 0 atom stereocenters. The summed E-state index contributed by atoms with van der Waals surface area (Å²) in [6.45, 7) is 6.90. The van der Waals surface area contributed by atoms with Crippen LogP contribution < -0.4 is 10.2 Å². The summed E-state index contributed by atoms with van der Waals surface area (Å²) in [6.07, 6.45) is 1.87. The van der Waals surface area contributed by atoms with Crippen molar-refractivity contribution in [2.45, 2.75) is 20.4 Å². The van der Waals surface area contributed by atoms with E-state index < -0.39 is 0 Å². The third kappa shape index (κ3) is 3.93. The van der Waals surface area contributed by atoms with Crippen molar-refractivity contribution in [3.8, 4) is 0 Å². The molecule has 20 heavy (non-hydrogen) atoms. The molecular formula is C15H19BrN4. The van der Waals surface area contributed by atoms with Crippen LogP contribution in [0.15, 0.2) is 41.1 Å². The Hall–Kier alpha value is -1.62. The molecule has 0 aliphatic heterocycles. The zero-order valence-electron chi connectivity index (χ0n) is 11.8. The van der Waals surface area contributed by atoms with Crippen LogP contribution in [0.1, 0.15) is 19.5 Å². The number of anilines is 2. The second-order valence-electron chi connectivity index (χ2n) is 4.38. The molecule has 4 nitrogen and oxygen atoms in total. The van der Waals surface area contributed by atoms with E-state index >= 15 is 0 Å². The van der Waals surface area contributed by atoms with E-state index in [-0.39, 0.29) is 0 Å². The number of rotatable bonds is 6. The van der Waals surface area contributed by atoms with E-state index in [0.29, 0.717) is 6.54 Å². The molecule has 106 valence electrons. The van der Waals surface area contributed by atoms with Crippen LogP contribution in [0.4, 0.5) is 11.5 Å². The van der Waals surface area contributed by atoms with Gasteiger partial charge in [-0.15, -0.1) is 0 Å². The highest BCUT2D eigenvalue weighted by molar-refractivity contribution is 9.10. The molecule has 2 rings (SSSR count). The number of hydrogen-bond donors (Lipinski definition) is 1. The van der Waals surface area contributed by atoms with Crippen LogP contribution in [0.2, 0.25) is 0 Å². The van der Waals surface area contributed by atoms with Gasteiger partial charge in [-0.2, -0.15) is 0 Å². The molecule has 2 aromatic heterocycles. The molecule has 0 amide bonds. The highest BCUT2D eigenvalue weighted by Gasteiger charge is 2.03. The molecule has 0 aliphatic carbocycles. The first-order valence-corrected chi connectivity index (χ1v) is 7.58. The maximum absolute atomic E-state index is 4.48. The molecule has 2 heterocycles. The van der Waals surface area contributed by atoms with Crippen LogP contribution in [0.5, 0.6) is 0 Å². The van der Waals surface area contributed by atoms with Gasteiger partial charge < -0.3 is 10.2 Å². The predicted octanol–water partition coefficient (Wildman–Crippen LogP) is 3.70. The second kappa shape index (κ2) is 7.24. The van der Waals surface area contributed by atoms with E-state index in [2.05, 4.69) is 56.0 Å². The summed E-state index contributed by atoms with van der Waals surface area (Å²) in [4.78, 5) is 11.1. The first-order chi connectivity index (χ1) is 9.72.